The second-order valence-electron chi connectivity index (χ2n) is 5.75. The Bertz CT molecular complexity index is 355. The molecule has 3 heteroatoms. The first-order valence-electron chi connectivity index (χ1n) is 6.48. The van der Waals surface area contributed by atoms with Crippen LogP contribution >= 0.6 is 0 Å². The maximum Gasteiger partial charge on any atom is 0.119 e. The maximum atomic E-state index is 9.78. The van der Waals surface area contributed by atoms with Crippen LogP contribution in [0.15, 0.2) is 42.5 Å². The summed E-state index contributed by atoms with van der Waals surface area (Å²) in [6, 6.07) is 10.8. The third-order valence-electron chi connectivity index (χ3n) is 2.49. The summed E-state index contributed by atoms with van der Waals surface area (Å²) in [5.41, 5.74) is 0. The number of aliphatic hydroxyl groups is 1. The van der Waals surface area contributed by atoms with Gasteiger partial charge in [0.25, 0.3) is 0 Å². The molecule has 1 atom stereocenters. The van der Waals surface area contributed by atoms with Crippen molar-refractivity contribution in [2.24, 2.45) is 0 Å². The topological polar surface area (TPSA) is 29.5 Å². The van der Waals surface area contributed by atoms with Crippen molar-refractivity contribution in [2.45, 2.75) is 38.2 Å². The Balaban J connectivity index is 2.20. The van der Waals surface area contributed by atoms with Gasteiger partial charge in [-0.3, -0.25) is 0 Å². The number of hydrogen-bond donors (Lipinski definition) is 1. The van der Waals surface area contributed by atoms with E-state index in [2.05, 4.69) is 31.8 Å². The van der Waals surface area contributed by atoms with E-state index in [4.69, 9.17) is 4.74 Å². The minimum absolute atomic E-state index is 0.349. The molecule has 0 heterocycles. The second-order valence-corrected chi connectivity index (χ2v) is 11.3. The van der Waals surface area contributed by atoms with Crippen LogP contribution in [0.1, 0.15) is 6.42 Å². The molecule has 0 aliphatic carbocycles. The van der Waals surface area contributed by atoms with Crippen molar-refractivity contribution in [1.29, 1.82) is 0 Å². The molecular formula is C15H24O2Si. The van der Waals surface area contributed by atoms with Crippen LogP contribution in [-0.4, -0.2) is 25.9 Å². The molecule has 0 aromatic heterocycles. The lowest BCUT2D eigenvalue weighted by Gasteiger charge is -2.12. The standard InChI is InChI=1S/C15H24O2Si/c1-18(2,3)12-8-7-9-14(16)13-17-15-10-5-4-6-11-15/h4-8,10-11,14,16H,9,12-13H2,1-3H3/b8-7-. The van der Waals surface area contributed by atoms with E-state index in [0.29, 0.717) is 13.0 Å². The molecule has 0 aliphatic rings. The van der Waals surface area contributed by atoms with Crippen LogP contribution in [0.2, 0.25) is 25.7 Å². The summed E-state index contributed by atoms with van der Waals surface area (Å²) < 4.78 is 5.49. The van der Waals surface area contributed by atoms with Gasteiger partial charge in [-0.05, 0) is 24.6 Å². The monoisotopic (exact) mass is 264 g/mol. The van der Waals surface area contributed by atoms with Crippen LogP contribution in [-0.2, 0) is 0 Å². The second kappa shape index (κ2) is 7.39. The van der Waals surface area contributed by atoms with E-state index >= 15 is 0 Å². The van der Waals surface area contributed by atoms with E-state index in [1.54, 1.807) is 0 Å². The fourth-order valence-corrected chi connectivity index (χ4v) is 2.34. The molecule has 1 unspecified atom stereocenters. The van der Waals surface area contributed by atoms with Crippen molar-refractivity contribution in [3.63, 3.8) is 0 Å². The molecule has 1 aromatic rings. The van der Waals surface area contributed by atoms with E-state index in [-0.39, 0.29) is 0 Å². The van der Waals surface area contributed by atoms with Gasteiger partial charge in [-0.2, -0.15) is 0 Å². The van der Waals surface area contributed by atoms with Crippen molar-refractivity contribution in [3.8, 4) is 5.75 Å². The third-order valence-corrected chi connectivity index (χ3v) is 3.95. The molecule has 1 aromatic carbocycles. The van der Waals surface area contributed by atoms with Gasteiger partial charge in [0.05, 0.1) is 6.10 Å². The number of allylic oxidation sites excluding steroid dienone is 1. The molecule has 0 saturated heterocycles. The van der Waals surface area contributed by atoms with Crippen molar-refractivity contribution in [2.75, 3.05) is 6.61 Å². The lowest BCUT2D eigenvalue weighted by Crippen LogP contribution is -2.18. The molecule has 0 spiro atoms. The molecule has 0 saturated carbocycles. The quantitative estimate of drug-likeness (QED) is 0.601. The average Bonchev–Trinajstić information content (AvgIpc) is 2.32. The zero-order chi connectivity index (χ0) is 13.4. The van der Waals surface area contributed by atoms with Gasteiger partial charge in [-0.1, -0.05) is 50.0 Å². The number of rotatable bonds is 7. The number of aliphatic hydroxyl groups excluding tert-OH is 1. The Morgan fingerprint density at radius 1 is 1.17 bits per heavy atom. The van der Waals surface area contributed by atoms with E-state index < -0.39 is 14.2 Å². The first kappa shape index (κ1) is 15.0. The fraction of sp³-hybridized carbons (Fsp3) is 0.467. The molecule has 0 amide bonds. The molecule has 1 rings (SSSR count). The van der Waals surface area contributed by atoms with Gasteiger partial charge in [-0.15, -0.1) is 0 Å². The predicted molar refractivity (Wildman–Crippen MR) is 79.9 cm³/mol. The van der Waals surface area contributed by atoms with E-state index in [0.717, 1.165) is 5.75 Å². The Labute approximate surface area is 111 Å². The third kappa shape index (κ3) is 7.30. The average molecular weight is 264 g/mol. The molecular weight excluding hydrogens is 240 g/mol. The van der Waals surface area contributed by atoms with Crippen molar-refractivity contribution in [1.82, 2.24) is 0 Å². The zero-order valence-corrected chi connectivity index (χ0v) is 12.6. The smallest absolute Gasteiger partial charge is 0.119 e. The Morgan fingerprint density at radius 2 is 1.83 bits per heavy atom. The summed E-state index contributed by atoms with van der Waals surface area (Å²) in [5.74, 6) is 0.808. The van der Waals surface area contributed by atoms with E-state index in [1.807, 2.05) is 30.3 Å². The molecule has 100 valence electrons. The van der Waals surface area contributed by atoms with Crippen molar-refractivity contribution < 1.29 is 9.84 Å². The zero-order valence-electron chi connectivity index (χ0n) is 11.6. The molecule has 2 nitrogen and oxygen atoms in total. The van der Waals surface area contributed by atoms with E-state index in [1.165, 1.54) is 6.04 Å². The van der Waals surface area contributed by atoms with Gasteiger partial charge >= 0.3 is 0 Å². The fourth-order valence-electron chi connectivity index (χ4n) is 1.47. The van der Waals surface area contributed by atoms with Crippen LogP contribution in [0.5, 0.6) is 5.75 Å². The van der Waals surface area contributed by atoms with Crippen LogP contribution < -0.4 is 4.74 Å². The van der Waals surface area contributed by atoms with Crippen LogP contribution in [0.25, 0.3) is 0 Å². The predicted octanol–water partition coefficient (Wildman–Crippen LogP) is 3.71. The van der Waals surface area contributed by atoms with Crippen molar-refractivity contribution >= 4 is 8.07 Å². The molecule has 0 radical (unpaired) electrons. The number of ether oxygens (including phenoxy) is 1. The minimum Gasteiger partial charge on any atom is -0.491 e. The van der Waals surface area contributed by atoms with Gasteiger partial charge < -0.3 is 9.84 Å². The summed E-state index contributed by atoms with van der Waals surface area (Å²) in [4.78, 5) is 0. The van der Waals surface area contributed by atoms with Gasteiger partial charge in [0, 0.05) is 8.07 Å². The lowest BCUT2D eigenvalue weighted by atomic mass is 10.2. The number of benzene rings is 1. The van der Waals surface area contributed by atoms with Gasteiger partial charge in [0.15, 0.2) is 0 Å². The molecule has 0 aliphatic heterocycles. The highest BCUT2D eigenvalue weighted by atomic mass is 28.3. The minimum atomic E-state index is -1.00. The van der Waals surface area contributed by atoms with Crippen LogP contribution in [0.3, 0.4) is 0 Å². The van der Waals surface area contributed by atoms with Gasteiger partial charge in [-0.25, -0.2) is 0 Å². The molecule has 1 N–H and O–H groups in total. The highest BCUT2D eigenvalue weighted by molar-refractivity contribution is 6.76. The Kier molecular flexibility index (Phi) is 6.16. The first-order valence-corrected chi connectivity index (χ1v) is 10.2. The van der Waals surface area contributed by atoms with Crippen LogP contribution in [0.4, 0.5) is 0 Å². The molecule has 18 heavy (non-hydrogen) atoms. The highest BCUT2D eigenvalue weighted by Gasteiger charge is 2.09. The van der Waals surface area contributed by atoms with Gasteiger partial charge in [0.1, 0.15) is 12.4 Å². The lowest BCUT2D eigenvalue weighted by molar-refractivity contribution is 0.110. The maximum absolute atomic E-state index is 9.78. The molecule has 0 bridgehead atoms. The summed E-state index contributed by atoms with van der Waals surface area (Å²) >= 11 is 0. The summed E-state index contributed by atoms with van der Waals surface area (Å²) in [5, 5.41) is 9.78. The summed E-state index contributed by atoms with van der Waals surface area (Å²) in [6.07, 6.45) is 4.50. The number of para-hydroxylation sites is 1. The largest absolute Gasteiger partial charge is 0.491 e. The van der Waals surface area contributed by atoms with Crippen molar-refractivity contribution in [3.05, 3.63) is 42.5 Å². The Hall–Kier alpha value is -1.06. The Morgan fingerprint density at radius 3 is 2.44 bits per heavy atom. The summed E-state index contributed by atoms with van der Waals surface area (Å²) in [6.45, 7) is 7.37. The van der Waals surface area contributed by atoms with E-state index in [9.17, 15) is 5.11 Å². The first-order chi connectivity index (χ1) is 8.47. The van der Waals surface area contributed by atoms with Crippen LogP contribution in [0, 0.1) is 0 Å². The van der Waals surface area contributed by atoms with Gasteiger partial charge in [0.2, 0.25) is 0 Å². The summed E-state index contributed by atoms with van der Waals surface area (Å²) in [7, 11) is -1.00. The normalized spacial score (nSPS) is 13.8. The SMILES string of the molecule is C[Si](C)(C)C/C=C\CC(O)COc1ccccc1. The molecule has 0 fully saturated rings. The highest BCUT2D eigenvalue weighted by Crippen LogP contribution is 2.11. The number of hydrogen-bond acceptors (Lipinski definition) is 2.